The van der Waals surface area contributed by atoms with E-state index in [2.05, 4.69) is 17.1 Å². The Morgan fingerprint density at radius 3 is 2.67 bits per heavy atom. The maximum Gasteiger partial charge on any atom is 0.186 e. The molecule has 18 heavy (non-hydrogen) atoms. The third-order valence-corrected chi connectivity index (χ3v) is 3.65. The van der Waals surface area contributed by atoms with Gasteiger partial charge in [0, 0.05) is 12.1 Å². The predicted octanol–water partition coefficient (Wildman–Crippen LogP) is 3.72. The number of rotatable bonds is 3. The molecule has 1 aromatic heterocycles. The molecule has 1 heterocycles. The Kier molecular flexibility index (Phi) is 2.88. The summed E-state index contributed by atoms with van der Waals surface area (Å²) in [6.45, 7) is 0. The van der Waals surface area contributed by atoms with Gasteiger partial charge in [-0.15, -0.1) is 0 Å². The lowest BCUT2D eigenvalue weighted by molar-refractivity contribution is 0.0960. The molecule has 0 bridgehead atoms. The van der Waals surface area contributed by atoms with E-state index in [0.717, 1.165) is 6.42 Å². The first kappa shape index (κ1) is 11.4. The average Bonchev–Trinajstić information content (AvgIpc) is 3.20. The summed E-state index contributed by atoms with van der Waals surface area (Å²) >= 11 is 6.00. The van der Waals surface area contributed by atoms with Gasteiger partial charge in [0.15, 0.2) is 5.78 Å². The summed E-state index contributed by atoms with van der Waals surface area (Å²) in [4.78, 5) is 16.4. The lowest BCUT2D eigenvalue weighted by atomic mass is 10.1. The smallest absolute Gasteiger partial charge is 0.186 e. The van der Waals surface area contributed by atoms with Crippen molar-refractivity contribution < 1.29 is 4.79 Å². The Bertz CT molecular complexity index is 582. The van der Waals surface area contributed by atoms with Gasteiger partial charge >= 0.3 is 0 Å². The van der Waals surface area contributed by atoms with Gasteiger partial charge in [-0.05, 0) is 30.0 Å². The molecule has 1 fully saturated rings. The number of aromatic nitrogens is 1. The zero-order chi connectivity index (χ0) is 12.5. The van der Waals surface area contributed by atoms with Crippen molar-refractivity contribution >= 4 is 17.4 Å². The minimum absolute atomic E-state index is 0.0415. The van der Waals surface area contributed by atoms with Crippen molar-refractivity contribution in [1.82, 2.24) is 4.98 Å². The van der Waals surface area contributed by atoms with Crippen LogP contribution < -0.4 is 0 Å². The second kappa shape index (κ2) is 4.54. The van der Waals surface area contributed by atoms with Gasteiger partial charge in [-0.2, -0.15) is 0 Å². The van der Waals surface area contributed by atoms with Crippen LogP contribution in [0.25, 0.3) is 0 Å². The summed E-state index contributed by atoms with van der Waals surface area (Å²) in [6, 6.07) is 13.6. The molecule has 0 N–H and O–H groups in total. The van der Waals surface area contributed by atoms with Gasteiger partial charge in [0.25, 0.3) is 0 Å². The van der Waals surface area contributed by atoms with Gasteiger partial charge in [0.05, 0.1) is 5.02 Å². The molecule has 1 saturated carbocycles. The van der Waals surface area contributed by atoms with E-state index in [0.29, 0.717) is 16.6 Å². The maximum absolute atomic E-state index is 12.3. The van der Waals surface area contributed by atoms with Crippen molar-refractivity contribution in [2.45, 2.75) is 12.3 Å². The fourth-order valence-corrected chi connectivity index (χ4v) is 2.51. The van der Waals surface area contributed by atoms with E-state index in [1.54, 1.807) is 18.3 Å². The number of carbonyl (C=O) groups is 1. The standard InChI is InChI=1S/C15H12ClNO/c16-13-7-4-8-17-14(13)15(18)12-9-11(12)10-5-2-1-3-6-10/h1-8,11-12H,9H2. The first-order valence-corrected chi connectivity index (χ1v) is 6.35. The molecule has 0 spiro atoms. The van der Waals surface area contributed by atoms with Crippen molar-refractivity contribution in [2.24, 2.45) is 5.92 Å². The van der Waals surface area contributed by atoms with Crippen molar-refractivity contribution in [3.05, 3.63) is 64.9 Å². The lowest BCUT2D eigenvalue weighted by Gasteiger charge is -2.02. The molecule has 1 aliphatic rings. The highest BCUT2D eigenvalue weighted by Gasteiger charge is 2.44. The molecule has 2 unspecified atom stereocenters. The normalized spacial score (nSPS) is 21.6. The molecule has 1 aromatic carbocycles. The zero-order valence-electron chi connectivity index (χ0n) is 9.71. The van der Waals surface area contributed by atoms with Crippen molar-refractivity contribution in [2.75, 3.05) is 0 Å². The number of benzene rings is 1. The third kappa shape index (κ3) is 2.04. The van der Waals surface area contributed by atoms with Crippen molar-refractivity contribution in [3.8, 4) is 0 Å². The molecular formula is C15H12ClNO. The van der Waals surface area contributed by atoms with Crippen LogP contribution in [0.15, 0.2) is 48.7 Å². The van der Waals surface area contributed by atoms with Gasteiger partial charge in [0.2, 0.25) is 0 Å². The molecule has 90 valence electrons. The van der Waals surface area contributed by atoms with E-state index >= 15 is 0 Å². The number of ketones is 1. The van der Waals surface area contributed by atoms with Crippen LogP contribution in [0.2, 0.25) is 5.02 Å². The van der Waals surface area contributed by atoms with Gasteiger partial charge in [-0.3, -0.25) is 9.78 Å². The first-order chi connectivity index (χ1) is 8.77. The Hall–Kier alpha value is -1.67. The first-order valence-electron chi connectivity index (χ1n) is 5.97. The molecule has 3 rings (SSSR count). The average molecular weight is 258 g/mol. The molecule has 0 radical (unpaired) electrons. The summed E-state index contributed by atoms with van der Waals surface area (Å²) in [5.41, 5.74) is 1.63. The van der Waals surface area contributed by atoms with Gasteiger partial charge < -0.3 is 0 Å². The van der Waals surface area contributed by atoms with Crippen LogP contribution in [0.5, 0.6) is 0 Å². The molecular weight excluding hydrogens is 246 g/mol. The summed E-state index contributed by atoms with van der Waals surface area (Å²) in [7, 11) is 0. The summed E-state index contributed by atoms with van der Waals surface area (Å²) in [5, 5.41) is 0.446. The Balaban J connectivity index is 1.80. The van der Waals surface area contributed by atoms with Gasteiger partial charge in [-0.1, -0.05) is 41.9 Å². The highest BCUT2D eigenvalue weighted by atomic mass is 35.5. The van der Waals surface area contributed by atoms with E-state index in [9.17, 15) is 4.79 Å². The van der Waals surface area contributed by atoms with Gasteiger partial charge in [0.1, 0.15) is 5.69 Å². The summed E-state index contributed by atoms with van der Waals surface area (Å²) < 4.78 is 0. The molecule has 2 nitrogen and oxygen atoms in total. The lowest BCUT2D eigenvalue weighted by Crippen LogP contribution is -2.06. The highest BCUT2D eigenvalue weighted by Crippen LogP contribution is 2.49. The van der Waals surface area contributed by atoms with Gasteiger partial charge in [-0.25, -0.2) is 0 Å². The number of hydrogen-bond donors (Lipinski definition) is 0. The summed E-state index contributed by atoms with van der Waals surface area (Å²) in [5.74, 6) is 0.436. The van der Waals surface area contributed by atoms with Crippen LogP contribution in [0, 0.1) is 5.92 Å². The summed E-state index contributed by atoms with van der Waals surface area (Å²) in [6.07, 6.45) is 2.51. The second-order valence-corrected chi connectivity index (χ2v) is 4.96. The van der Waals surface area contributed by atoms with Crippen molar-refractivity contribution in [1.29, 1.82) is 0 Å². The minimum Gasteiger partial charge on any atom is -0.292 e. The molecule has 0 saturated heterocycles. The molecule has 2 aromatic rings. The third-order valence-electron chi connectivity index (χ3n) is 3.35. The number of pyridine rings is 1. The number of halogens is 1. The number of Topliss-reactive ketones (excluding diaryl/α,β-unsaturated/α-hetero) is 1. The number of hydrogen-bond acceptors (Lipinski definition) is 2. The molecule has 0 aliphatic heterocycles. The largest absolute Gasteiger partial charge is 0.292 e. The monoisotopic (exact) mass is 257 g/mol. The van der Waals surface area contributed by atoms with Crippen LogP contribution in [-0.2, 0) is 0 Å². The number of carbonyl (C=O) groups excluding carboxylic acids is 1. The quantitative estimate of drug-likeness (QED) is 0.785. The fraction of sp³-hybridized carbons (Fsp3) is 0.200. The Labute approximate surface area is 111 Å². The van der Waals surface area contributed by atoms with E-state index in [1.165, 1.54) is 5.56 Å². The van der Waals surface area contributed by atoms with Crippen LogP contribution >= 0.6 is 11.6 Å². The van der Waals surface area contributed by atoms with E-state index in [4.69, 9.17) is 11.6 Å². The van der Waals surface area contributed by atoms with Crippen molar-refractivity contribution in [3.63, 3.8) is 0 Å². The van der Waals surface area contributed by atoms with E-state index < -0.39 is 0 Å². The molecule has 3 heteroatoms. The second-order valence-electron chi connectivity index (χ2n) is 4.56. The van der Waals surface area contributed by atoms with Crippen LogP contribution in [0.1, 0.15) is 28.4 Å². The SMILES string of the molecule is O=C(c1ncccc1Cl)C1CC1c1ccccc1. The Morgan fingerprint density at radius 1 is 1.17 bits per heavy atom. The van der Waals surface area contributed by atoms with Crippen LogP contribution in [0.3, 0.4) is 0 Å². The molecule has 1 aliphatic carbocycles. The van der Waals surface area contributed by atoms with E-state index in [1.807, 2.05) is 18.2 Å². The van der Waals surface area contributed by atoms with Crippen LogP contribution in [0.4, 0.5) is 0 Å². The molecule has 2 atom stereocenters. The number of nitrogens with zero attached hydrogens (tertiary/aromatic N) is 1. The highest BCUT2D eigenvalue weighted by molar-refractivity contribution is 6.33. The van der Waals surface area contributed by atoms with E-state index in [-0.39, 0.29) is 11.7 Å². The topological polar surface area (TPSA) is 30.0 Å². The zero-order valence-corrected chi connectivity index (χ0v) is 10.5. The molecule has 0 amide bonds. The fourth-order valence-electron chi connectivity index (χ4n) is 2.30. The van der Waals surface area contributed by atoms with Crippen LogP contribution in [-0.4, -0.2) is 10.8 Å². The Morgan fingerprint density at radius 2 is 1.94 bits per heavy atom. The minimum atomic E-state index is 0.0415. The predicted molar refractivity (Wildman–Crippen MR) is 70.9 cm³/mol. The maximum atomic E-state index is 12.3.